The Morgan fingerprint density at radius 2 is 1.00 bits per heavy atom. The standard InChI is InChI=1S/C41H31N5/c1-41(2)32-15-5-9-19-37(32)45(38-20-10-6-16-33(38)41)29-25-23-28(24-26-29)34-27-44(43-42-34)39-21-11-12-22-40(39)46-35-17-7-3-13-30(35)31-14-4-8-18-36(31)46/h3-27H,1-2H3. The Balaban J connectivity index is 1.11. The molecule has 8 aromatic rings. The first kappa shape index (κ1) is 26.5. The number of anilines is 3. The van der Waals surface area contributed by atoms with Crippen LogP contribution in [0, 0.1) is 0 Å². The van der Waals surface area contributed by atoms with E-state index in [0.717, 1.165) is 39.4 Å². The van der Waals surface area contributed by atoms with Gasteiger partial charge in [-0.1, -0.05) is 116 Å². The third-order valence-corrected chi connectivity index (χ3v) is 9.50. The van der Waals surface area contributed by atoms with Gasteiger partial charge in [0.05, 0.1) is 40.0 Å². The minimum Gasteiger partial charge on any atom is -0.310 e. The number of para-hydroxylation sites is 6. The van der Waals surface area contributed by atoms with Crippen LogP contribution in [-0.2, 0) is 5.41 Å². The predicted molar refractivity (Wildman–Crippen MR) is 188 cm³/mol. The second kappa shape index (κ2) is 10.0. The van der Waals surface area contributed by atoms with Crippen LogP contribution in [-0.4, -0.2) is 19.6 Å². The van der Waals surface area contributed by atoms with Crippen molar-refractivity contribution in [2.75, 3.05) is 4.90 Å². The van der Waals surface area contributed by atoms with Crippen molar-refractivity contribution in [3.05, 3.63) is 163 Å². The smallest absolute Gasteiger partial charge is 0.113 e. The van der Waals surface area contributed by atoms with E-state index in [1.165, 1.54) is 33.3 Å². The molecule has 0 atom stereocenters. The molecule has 0 aliphatic carbocycles. The first-order valence-electron chi connectivity index (χ1n) is 15.7. The van der Waals surface area contributed by atoms with Crippen molar-refractivity contribution < 1.29 is 0 Å². The maximum absolute atomic E-state index is 4.63. The molecule has 46 heavy (non-hydrogen) atoms. The fraction of sp³-hybridized carbons (Fsp3) is 0.0732. The first-order chi connectivity index (χ1) is 22.6. The van der Waals surface area contributed by atoms with Gasteiger partial charge in [0.15, 0.2) is 0 Å². The van der Waals surface area contributed by atoms with Crippen LogP contribution >= 0.6 is 0 Å². The molecular formula is C41H31N5. The lowest BCUT2D eigenvalue weighted by atomic mass is 9.73. The molecule has 5 heteroatoms. The van der Waals surface area contributed by atoms with Crippen molar-refractivity contribution in [1.82, 2.24) is 19.6 Å². The quantitative estimate of drug-likeness (QED) is 0.204. The Hall–Kier alpha value is -5.94. The van der Waals surface area contributed by atoms with Gasteiger partial charge in [0.1, 0.15) is 5.69 Å². The molecule has 1 aliphatic rings. The molecule has 9 rings (SSSR count). The van der Waals surface area contributed by atoms with E-state index < -0.39 is 0 Å². The molecule has 6 aromatic carbocycles. The van der Waals surface area contributed by atoms with E-state index in [0.29, 0.717) is 0 Å². The lowest BCUT2D eigenvalue weighted by molar-refractivity contribution is 0.632. The monoisotopic (exact) mass is 593 g/mol. The average Bonchev–Trinajstić information content (AvgIpc) is 3.73. The molecule has 2 aromatic heterocycles. The molecule has 0 saturated carbocycles. The van der Waals surface area contributed by atoms with E-state index in [2.05, 4.69) is 179 Å². The van der Waals surface area contributed by atoms with Crippen LogP contribution in [0.15, 0.2) is 152 Å². The van der Waals surface area contributed by atoms with Crippen LogP contribution in [0.1, 0.15) is 25.0 Å². The summed E-state index contributed by atoms with van der Waals surface area (Å²) in [5.74, 6) is 0. The number of fused-ring (bicyclic) bond motifs is 5. The molecule has 5 nitrogen and oxygen atoms in total. The molecule has 0 unspecified atom stereocenters. The van der Waals surface area contributed by atoms with Gasteiger partial charge in [-0.15, -0.1) is 5.10 Å². The van der Waals surface area contributed by atoms with Gasteiger partial charge in [0.25, 0.3) is 0 Å². The highest BCUT2D eigenvalue weighted by Crippen LogP contribution is 2.51. The Labute approximate surface area is 267 Å². The maximum atomic E-state index is 4.63. The highest BCUT2D eigenvalue weighted by molar-refractivity contribution is 6.09. The third kappa shape index (κ3) is 3.88. The molecule has 3 heterocycles. The number of aromatic nitrogens is 4. The van der Waals surface area contributed by atoms with Gasteiger partial charge in [-0.2, -0.15) is 0 Å². The molecule has 0 N–H and O–H groups in total. The van der Waals surface area contributed by atoms with Crippen LogP contribution in [0.5, 0.6) is 0 Å². The zero-order valence-corrected chi connectivity index (χ0v) is 25.7. The maximum Gasteiger partial charge on any atom is 0.113 e. The number of hydrogen-bond acceptors (Lipinski definition) is 3. The van der Waals surface area contributed by atoms with Gasteiger partial charge in [-0.3, -0.25) is 0 Å². The lowest BCUT2D eigenvalue weighted by Crippen LogP contribution is -2.30. The largest absolute Gasteiger partial charge is 0.310 e. The molecule has 0 fully saturated rings. The summed E-state index contributed by atoms with van der Waals surface area (Å²) in [4.78, 5) is 2.37. The first-order valence-corrected chi connectivity index (χ1v) is 15.7. The summed E-state index contributed by atoms with van der Waals surface area (Å²) in [5.41, 5.74) is 12.3. The average molecular weight is 594 g/mol. The molecule has 220 valence electrons. The normalized spacial score (nSPS) is 13.6. The molecule has 0 radical (unpaired) electrons. The Morgan fingerprint density at radius 1 is 0.500 bits per heavy atom. The van der Waals surface area contributed by atoms with Gasteiger partial charge in [-0.05, 0) is 59.7 Å². The molecule has 0 saturated heterocycles. The lowest BCUT2D eigenvalue weighted by Gasteiger charge is -2.42. The van der Waals surface area contributed by atoms with Gasteiger partial charge in [-0.25, -0.2) is 4.68 Å². The minimum absolute atomic E-state index is 0.0857. The van der Waals surface area contributed by atoms with Crippen LogP contribution in [0.4, 0.5) is 17.1 Å². The Morgan fingerprint density at radius 3 is 1.61 bits per heavy atom. The van der Waals surface area contributed by atoms with Crippen molar-refractivity contribution in [2.24, 2.45) is 0 Å². The summed E-state index contributed by atoms with van der Waals surface area (Å²) >= 11 is 0. The summed E-state index contributed by atoms with van der Waals surface area (Å²) < 4.78 is 4.22. The number of benzene rings is 6. The van der Waals surface area contributed by atoms with Gasteiger partial charge in [0, 0.05) is 27.4 Å². The summed E-state index contributed by atoms with van der Waals surface area (Å²) in [7, 11) is 0. The van der Waals surface area contributed by atoms with Crippen LogP contribution in [0.3, 0.4) is 0 Å². The zero-order valence-electron chi connectivity index (χ0n) is 25.7. The van der Waals surface area contributed by atoms with Gasteiger partial charge in [0.2, 0.25) is 0 Å². The number of nitrogens with zero attached hydrogens (tertiary/aromatic N) is 5. The van der Waals surface area contributed by atoms with E-state index >= 15 is 0 Å². The SMILES string of the molecule is CC1(C)c2ccccc2N(c2ccc(-c3cn(-c4ccccc4-n4c5ccccc5c5ccccc54)nn3)cc2)c2ccccc21. The predicted octanol–water partition coefficient (Wildman–Crippen LogP) is 10.1. The van der Waals surface area contributed by atoms with E-state index in [1.54, 1.807) is 0 Å². The molecule has 1 aliphatic heterocycles. The van der Waals surface area contributed by atoms with Gasteiger partial charge < -0.3 is 9.47 Å². The van der Waals surface area contributed by atoms with Crippen molar-refractivity contribution in [1.29, 1.82) is 0 Å². The van der Waals surface area contributed by atoms with Crippen LogP contribution < -0.4 is 4.90 Å². The van der Waals surface area contributed by atoms with Crippen molar-refractivity contribution in [3.8, 4) is 22.6 Å². The topological polar surface area (TPSA) is 38.9 Å². The minimum atomic E-state index is -0.0857. The van der Waals surface area contributed by atoms with E-state index in [1.807, 2.05) is 10.9 Å². The molecular weight excluding hydrogens is 562 g/mol. The van der Waals surface area contributed by atoms with Gasteiger partial charge >= 0.3 is 0 Å². The van der Waals surface area contributed by atoms with Crippen LogP contribution in [0.2, 0.25) is 0 Å². The second-order valence-corrected chi connectivity index (χ2v) is 12.4. The van der Waals surface area contributed by atoms with E-state index in [-0.39, 0.29) is 5.41 Å². The molecule has 0 amide bonds. The van der Waals surface area contributed by atoms with E-state index in [4.69, 9.17) is 0 Å². The molecule has 0 spiro atoms. The number of rotatable bonds is 4. The fourth-order valence-corrected chi connectivity index (χ4v) is 7.27. The Bertz CT molecular complexity index is 2310. The zero-order chi connectivity index (χ0) is 30.8. The summed E-state index contributed by atoms with van der Waals surface area (Å²) in [5, 5.41) is 11.7. The van der Waals surface area contributed by atoms with Crippen molar-refractivity contribution >= 4 is 38.9 Å². The van der Waals surface area contributed by atoms with Crippen molar-refractivity contribution in [2.45, 2.75) is 19.3 Å². The fourth-order valence-electron chi connectivity index (χ4n) is 7.27. The summed E-state index contributed by atoms with van der Waals surface area (Å²) in [6.45, 7) is 4.63. The highest BCUT2D eigenvalue weighted by atomic mass is 15.4. The summed E-state index contributed by atoms with van der Waals surface area (Å²) in [6, 6.07) is 51.7. The Kier molecular flexibility index (Phi) is 5.78. The second-order valence-electron chi connectivity index (χ2n) is 12.4. The summed E-state index contributed by atoms with van der Waals surface area (Å²) in [6.07, 6.45) is 2.02. The van der Waals surface area contributed by atoms with Crippen LogP contribution in [0.25, 0.3) is 44.4 Å². The molecule has 0 bridgehead atoms. The number of hydrogen-bond donors (Lipinski definition) is 0. The highest BCUT2D eigenvalue weighted by Gasteiger charge is 2.36. The third-order valence-electron chi connectivity index (χ3n) is 9.50. The van der Waals surface area contributed by atoms with E-state index in [9.17, 15) is 0 Å². The van der Waals surface area contributed by atoms with Crippen molar-refractivity contribution in [3.63, 3.8) is 0 Å².